The zero-order valence-corrected chi connectivity index (χ0v) is 17.6. The Morgan fingerprint density at radius 3 is 2.61 bits per heavy atom. The molecular formula is C25H33NO2. The van der Waals surface area contributed by atoms with Crippen molar-refractivity contribution < 1.29 is 9.84 Å². The second kappa shape index (κ2) is 7.20. The van der Waals surface area contributed by atoms with Gasteiger partial charge < -0.3 is 9.84 Å². The number of ether oxygens (including phenoxy) is 1. The van der Waals surface area contributed by atoms with Crippen LogP contribution in [-0.4, -0.2) is 35.2 Å². The molecule has 3 nitrogen and oxygen atoms in total. The Morgan fingerprint density at radius 1 is 1.11 bits per heavy atom. The molecule has 0 aromatic heterocycles. The average Bonchev–Trinajstić information content (AvgIpc) is 2.67. The van der Waals surface area contributed by atoms with E-state index in [-0.39, 0.29) is 16.9 Å². The van der Waals surface area contributed by atoms with E-state index < -0.39 is 0 Å². The van der Waals surface area contributed by atoms with Crippen LogP contribution >= 0.6 is 0 Å². The number of hydrogen-bond acceptors (Lipinski definition) is 3. The maximum atomic E-state index is 10.5. The van der Waals surface area contributed by atoms with Crippen LogP contribution in [-0.2, 0) is 23.2 Å². The largest absolute Gasteiger partial charge is 0.508 e. The van der Waals surface area contributed by atoms with E-state index in [1.807, 2.05) is 18.2 Å². The standard InChI is InChI=1S/C25H33NO2/c1-18(28-17-19-9-6-5-7-10-19)16-26-14-13-25(4)21-11-8-12-22(27)20(21)15-23(26)24(25,2)3/h5-12,18,23,27H,13-17H2,1-4H3/t18-,23-,25+/m1/s1. The number of piperidine rings is 1. The number of phenolic OH excluding ortho intramolecular Hbond substituents is 1. The summed E-state index contributed by atoms with van der Waals surface area (Å²) in [6.45, 7) is 12.1. The van der Waals surface area contributed by atoms with Crippen molar-refractivity contribution in [1.29, 1.82) is 0 Å². The molecule has 1 aliphatic heterocycles. The molecule has 1 N–H and O–H groups in total. The SMILES string of the molecule is C[C@H](CN1CC[C@@]2(C)c3cccc(O)c3C[C@@H]1C2(C)C)OCc1ccccc1. The van der Waals surface area contributed by atoms with Gasteiger partial charge in [0.2, 0.25) is 0 Å². The summed E-state index contributed by atoms with van der Waals surface area (Å²) in [5, 5.41) is 10.5. The number of phenols is 1. The van der Waals surface area contributed by atoms with Crippen LogP contribution in [0, 0.1) is 5.41 Å². The van der Waals surface area contributed by atoms with E-state index in [0.29, 0.717) is 18.4 Å². The molecule has 4 rings (SSSR count). The molecule has 2 bridgehead atoms. The fraction of sp³-hybridized carbons (Fsp3) is 0.520. The fourth-order valence-corrected chi connectivity index (χ4v) is 5.45. The van der Waals surface area contributed by atoms with E-state index in [1.165, 1.54) is 11.1 Å². The number of nitrogens with zero attached hydrogens (tertiary/aromatic N) is 1. The van der Waals surface area contributed by atoms with E-state index >= 15 is 0 Å². The van der Waals surface area contributed by atoms with E-state index in [1.54, 1.807) is 0 Å². The lowest BCUT2D eigenvalue weighted by atomic mass is 9.51. The van der Waals surface area contributed by atoms with Gasteiger partial charge in [0.05, 0.1) is 12.7 Å². The monoisotopic (exact) mass is 379 g/mol. The average molecular weight is 380 g/mol. The Kier molecular flexibility index (Phi) is 5.01. The highest BCUT2D eigenvalue weighted by atomic mass is 16.5. The van der Waals surface area contributed by atoms with Crippen LogP contribution in [0.2, 0.25) is 0 Å². The molecule has 0 spiro atoms. The highest BCUT2D eigenvalue weighted by molar-refractivity contribution is 5.48. The molecule has 150 valence electrons. The maximum Gasteiger partial charge on any atom is 0.119 e. The highest BCUT2D eigenvalue weighted by Gasteiger charge is 2.56. The van der Waals surface area contributed by atoms with Crippen LogP contribution in [0.25, 0.3) is 0 Å². The Balaban J connectivity index is 1.51. The van der Waals surface area contributed by atoms with Crippen molar-refractivity contribution in [1.82, 2.24) is 4.90 Å². The Bertz CT molecular complexity index is 832. The Labute approximate surface area is 169 Å². The van der Waals surface area contributed by atoms with Crippen LogP contribution in [0.4, 0.5) is 0 Å². The number of rotatable bonds is 5. The normalized spacial score (nSPS) is 27.2. The first kappa shape index (κ1) is 19.5. The van der Waals surface area contributed by atoms with E-state index in [9.17, 15) is 5.11 Å². The van der Waals surface area contributed by atoms with Gasteiger partial charge in [0, 0.05) is 18.0 Å². The van der Waals surface area contributed by atoms with Gasteiger partial charge in [-0.2, -0.15) is 0 Å². The first-order valence-electron chi connectivity index (χ1n) is 10.5. The van der Waals surface area contributed by atoms with Gasteiger partial charge in [0.1, 0.15) is 5.75 Å². The minimum absolute atomic E-state index is 0.0919. The van der Waals surface area contributed by atoms with Crippen molar-refractivity contribution in [2.75, 3.05) is 13.1 Å². The minimum atomic E-state index is 0.0919. The second-order valence-corrected chi connectivity index (χ2v) is 9.43. The first-order valence-corrected chi connectivity index (χ1v) is 10.5. The molecule has 2 aliphatic rings. The number of hydrogen-bond donors (Lipinski definition) is 1. The molecule has 0 saturated carbocycles. The van der Waals surface area contributed by atoms with E-state index in [0.717, 1.165) is 31.5 Å². The molecule has 1 heterocycles. The minimum Gasteiger partial charge on any atom is -0.508 e. The van der Waals surface area contributed by atoms with Crippen molar-refractivity contribution in [3.05, 3.63) is 65.2 Å². The van der Waals surface area contributed by atoms with Gasteiger partial charge in [-0.1, -0.05) is 63.2 Å². The van der Waals surface area contributed by atoms with Gasteiger partial charge >= 0.3 is 0 Å². The maximum absolute atomic E-state index is 10.5. The molecule has 3 atom stereocenters. The zero-order valence-electron chi connectivity index (χ0n) is 17.6. The lowest BCUT2D eigenvalue weighted by molar-refractivity contribution is -0.0651. The number of fused-ring (bicyclic) bond motifs is 4. The summed E-state index contributed by atoms with van der Waals surface area (Å²) in [5.74, 6) is 0.458. The molecule has 1 aliphatic carbocycles. The third kappa shape index (κ3) is 3.15. The van der Waals surface area contributed by atoms with E-state index in [2.05, 4.69) is 62.9 Å². The molecule has 1 fully saturated rings. The molecule has 0 radical (unpaired) electrons. The van der Waals surface area contributed by atoms with Crippen LogP contribution < -0.4 is 0 Å². The Hall–Kier alpha value is -1.84. The summed E-state index contributed by atoms with van der Waals surface area (Å²) in [6, 6.07) is 16.9. The molecule has 2 aromatic rings. The van der Waals surface area contributed by atoms with E-state index in [4.69, 9.17) is 4.74 Å². The van der Waals surface area contributed by atoms with Crippen LogP contribution in [0.3, 0.4) is 0 Å². The first-order chi connectivity index (χ1) is 13.3. The van der Waals surface area contributed by atoms with Gasteiger partial charge in [-0.25, -0.2) is 0 Å². The van der Waals surface area contributed by atoms with Crippen molar-refractivity contribution in [3.8, 4) is 5.75 Å². The smallest absolute Gasteiger partial charge is 0.119 e. The molecule has 3 heteroatoms. The van der Waals surface area contributed by atoms with Crippen LogP contribution in [0.15, 0.2) is 48.5 Å². The molecule has 0 unspecified atom stereocenters. The fourth-order valence-electron chi connectivity index (χ4n) is 5.45. The highest BCUT2D eigenvalue weighted by Crippen LogP contribution is 2.57. The molecule has 28 heavy (non-hydrogen) atoms. The number of likely N-dealkylation sites (tertiary alicyclic amines) is 1. The summed E-state index contributed by atoms with van der Waals surface area (Å²) in [4.78, 5) is 2.60. The lowest BCUT2D eigenvalue weighted by Gasteiger charge is -2.61. The van der Waals surface area contributed by atoms with Crippen LogP contribution in [0.1, 0.15) is 50.8 Å². The van der Waals surface area contributed by atoms with Gasteiger partial charge in [-0.05, 0) is 54.5 Å². The Morgan fingerprint density at radius 2 is 1.86 bits per heavy atom. The quantitative estimate of drug-likeness (QED) is 0.801. The predicted octanol–water partition coefficient (Wildman–Crippen LogP) is 4.91. The third-order valence-corrected chi connectivity index (χ3v) is 7.61. The van der Waals surface area contributed by atoms with Crippen molar-refractivity contribution in [2.45, 2.75) is 64.7 Å². The summed E-state index contributed by atoms with van der Waals surface area (Å²) in [5.41, 5.74) is 3.95. The predicted molar refractivity (Wildman–Crippen MR) is 114 cm³/mol. The number of benzene rings is 2. The summed E-state index contributed by atoms with van der Waals surface area (Å²) < 4.78 is 6.16. The van der Waals surface area contributed by atoms with Gasteiger partial charge in [0.25, 0.3) is 0 Å². The summed E-state index contributed by atoms with van der Waals surface area (Å²) >= 11 is 0. The molecular weight excluding hydrogens is 346 g/mol. The van der Waals surface area contributed by atoms with Gasteiger partial charge in [-0.3, -0.25) is 4.90 Å². The van der Waals surface area contributed by atoms with Gasteiger partial charge in [0.15, 0.2) is 0 Å². The summed E-state index contributed by atoms with van der Waals surface area (Å²) in [7, 11) is 0. The van der Waals surface area contributed by atoms with Crippen LogP contribution in [0.5, 0.6) is 5.75 Å². The zero-order chi connectivity index (χ0) is 19.9. The second-order valence-electron chi connectivity index (χ2n) is 9.43. The van der Waals surface area contributed by atoms with Gasteiger partial charge in [-0.15, -0.1) is 0 Å². The summed E-state index contributed by atoms with van der Waals surface area (Å²) in [6.07, 6.45) is 2.19. The molecule has 0 amide bonds. The topological polar surface area (TPSA) is 32.7 Å². The lowest BCUT2D eigenvalue weighted by Crippen LogP contribution is -2.64. The molecule has 2 aromatic carbocycles. The number of aromatic hydroxyl groups is 1. The van der Waals surface area contributed by atoms with Crippen molar-refractivity contribution in [2.24, 2.45) is 5.41 Å². The van der Waals surface area contributed by atoms with Crippen molar-refractivity contribution in [3.63, 3.8) is 0 Å². The molecule has 1 saturated heterocycles. The van der Waals surface area contributed by atoms with Crippen molar-refractivity contribution >= 4 is 0 Å². The third-order valence-electron chi connectivity index (χ3n) is 7.61.